The van der Waals surface area contributed by atoms with Gasteiger partial charge >= 0.3 is 5.97 Å². The molecule has 0 aromatic carbocycles. The van der Waals surface area contributed by atoms with E-state index in [9.17, 15) is 4.79 Å². The Kier molecular flexibility index (Phi) is 3.45. The first kappa shape index (κ1) is 10.2. The number of aliphatic carboxylic acids is 1. The molecule has 1 aromatic heterocycles. The zero-order chi connectivity index (χ0) is 9.84. The predicted octanol–water partition coefficient (Wildman–Crippen LogP) is 1.57. The van der Waals surface area contributed by atoms with Crippen molar-refractivity contribution in [3.8, 4) is 0 Å². The van der Waals surface area contributed by atoms with Crippen molar-refractivity contribution in [1.29, 1.82) is 0 Å². The first-order valence-corrected chi connectivity index (χ1v) is 4.91. The van der Waals surface area contributed by atoms with E-state index < -0.39 is 5.97 Å². The Morgan fingerprint density at radius 1 is 1.69 bits per heavy atom. The van der Waals surface area contributed by atoms with Crippen LogP contribution in [0, 0.1) is 6.92 Å². The van der Waals surface area contributed by atoms with Crippen molar-refractivity contribution in [1.82, 2.24) is 4.90 Å². The molecule has 0 aliphatic carbocycles. The molecular formula is C9H13NO2S. The van der Waals surface area contributed by atoms with Crippen molar-refractivity contribution in [2.45, 2.75) is 13.5 Å². The highest BCUT2D eigenvalue weighted by Gasteiger charge is 2.07. The number of hydrogen-bond donors (Lipinski definition) is 1. The lowest BCUT2D eigenvalue weighted by Crippen LogP contribution is -2.24. The van der Waals surface area contributed by atoms with E-state index >= 15 is 0 Å². The number of thiophene rings is 1. The van der Waals surface area contributed by atoms with Gasteiger partial charge in [0, 0.05) is 11.4 Å². The lowest BCUT2D eigenvalue weighted by atomic mass is 10.3. The summed E-state index contributed by atoms with van der Waals surface area (Å²) >= 11 is 1.67. The molecule has 0 radical (unpaired) electrons. The molecule has 0 saturated heterocycles. The summed E-state index contributed by atoms with van der Waals surface area (Å²) in [5.74, 6) is -0.781. The van der Waals surface area contributed by atoms with Crippen molar-refractivity contribution < 1.29 is 9.90 Å². The van der Waals surface area contributed by atoms with Crippen molar-refractivity contribution in [2.75, 3.05) is 13.6 Å². The number of likely N-dealkylation sites (N-methyl/N-ethyl adjacent to an activating group) is 1. The molecule has 0 saturated carbocycles. The fourth-order valence-electron chi connectivity index (χ4n) is 1.10. The molecule has 4 heteroatoms. The van der Waals surface area contributed by atoms with E-state index in [1.807, 2.05) is 19.4 Å². The molecule has 1 rings (SSSR count). The molecular weight excluding hydrogens is 186 g/mol. The number of carboxylic acids is 1. The zero-order valence-electron chi connectivity index (χ0n) is 7.78. The average Bonchev–Trinajstić information content (AvgIpc) is 2.34. The summed E-state index contributed by atoms with van der Waals surface area (Å²) in [5.41, 5.74) is 1.24. The number of hydrogen-bond acceptors (Lipinski definition) is 3. The van der Waals surface area contributed by atoms with Gasteiger partial charge in [0.1, 0.15) is 0 Å². The van der Waals surface area contributed by atoms with Crippen LogP contribution in [0.3, 0.4) is 0 Å². The van der Waals surface area contributed by atoms with Crippen LogP contribution in [0.15, 0.2) is 11.4 Å². The average molecular weight is 199 g/mol. The second-order valence-corrected chi connectivity index (χ2v) is 4.09. The van der Waals surface area contributed by atoms with E-state index in [0.29, 0.717) is 0 Å². The first-order chi connectivity index (χ1) is 6.09. The lowest BCUT2D eigenvalue weighted by molar-refractivity contribution is -0.138. The topological polar surface area (TPSA) is 40.5 Å². The van der Waals surface area contributed by atoms with Crippen LogP contribution in [-0.2, 0) is 11.3 Å². The summed E-state index contributed by atoms with van der Waals surface area (Å²) < 4.78 is 0. The Labute approximate surface area is 81.6 Å². The van der Waals surface area contributed by atoms with Crippen LogP contribution in [0.1, 0.15) is 10.4 Å². The monoisotopic (exact) mass is 199 g/mol. The van der Waals surface area contributed by atoms with Crippen LogP contribution >= 0.6 is 11.3 Å². The predicted molar refractivity (Wildman–Crippen MR) is 53.0 cm³/mol. The molecule has 0 aliphatic heterocycles. The summed E-state index contributed by atoms with van der Waals surface area (Å²) in [6, 6.07) is 2.05. The highest BCUT2D eigenvalue weighted by molar-refractivity contribution is 7.10. The van der Waals surface area contributed by atoms with Gasteiger partial charge in [-0.25, -0.2) is 0 Å². The van der Waals surface area contributed by atoms with Gasteiger partial charge in [0.05, 0.1) is 6.54 Å². The maximum Gasteiger partial charge on any atom is 0.317 e. The molecule has 0 atom stereocenters. The van der Waals surface area contributed by atoms with Crippen LogP contribution in [-0.4, -0.2) is 29.6 Å². The highest BCUT2D eigenvalue weighted by Crippen LogP contribution is 2.16. The Morgan fingerprint density at radius 2 is 2.38 bits per heavy atom. The van der Waals surface area contributed by atoms with Gasteiger partial charge in [0.2, 0.25) is 0 Å². The van der Waals surface area contributed by atoms with Crippen molar-refractivity contribution >= 4 is 17.3 Å². The number of rotatable bonds is 4. The molecule has 1 heterocycles. The third-order valence-corrected chi connectivity index (χ3v) is 2.79. The van der Waals surface area contributed by atoms with Crippen molar-refractivity contribution in [2.24, 2.45) is 0 Å². The quantitative estimate of drug-likeness (QED) is 0.800. The molecule has 0 unspecified atom stereocenters. The van der Waals surface area contributed by atoms with Gasteiger partial charge in [-0.3, -0.25) is 9.69 Å². The van der Waals surface area contributed by atoms with Gasteiger partial charge in [0.25, 0.3) is 0 Å². The van der Waals surface area contributed by atoms with Gasteiger partial charge < -0.3 is 5.11 Å². The highest BCUT2D eigenvalue weighted by atomic mass is 32.1. The molecule has 3 nitrogen and oxygen atoms in total. The van der Waals surface area contributed by atoms with E-state index in [1.54, 1.807) is 16.2 Å². The van der Waals surface area contributed by atoms with Crippen LogP contribution in [0.4, 0.5) is 0 Å². The summed E-state index contributed by atoms with van der Waals surface area (Å²) in [5, 5.41) is 10.6. The number of carboxylic acid groups (broad SMARTS) is 1. The summed E-state index contributed by atoms with van der Waals surface area (Å²) in [6.45, 7) is 2.85. The summed E-state index contributed by atoms with van der Waals surface area (Å²) in [7, 11) is 1.81. The minimum atomic E-state index is -0.781. The minimum absolute atomic E-state index is 0.0946. The van der Waals surface area contributed by atoms with E-state index in [0.717, 1.165) is 6.54 Å². The number of nitrogens with zero attached hydrogens (tertiary/aromatic N) is 1. The summed E-state index contributed by atoms with van der Waals surface area (Å²) in [4.78, 5) is 13.4. The van der Waals surface area contributed by atoms with Crippen LogP contribution < -0.4 is 0 Å². The molecule has 0 bridgehead atoms. The second-order valence-electron chi connectivity index (χ2n) is 3.09. The molecule has 1 aromatic rings. The number of carbonyl (C=O) groups is 1. The van der Waals surface area contributed by atoms with Crippen LogP contribution in [0.25, 0.3) is 0 Å². The van der Waals surface area contributed by atoms with Crippen molar-refractivity contribution in [3.05, 3.63) is 21.9 Å². The molecule has 0 fully saturated rings. The SMILES string of the molecule is Cc1ccsc1CN(C)CC(=O)O. The number of aryl methyl sites for hydroxylation is 1. The van der Waals surface area contributed by atoms with Crippen molar-refractivity contribution in [3.63, 3.8) is 0 Å². The Bertz CT molecular complexity index is 296. The standard InChI is InChI=1S/C9H13NO2S/c1-7-3-4-13-8(7)5-10(2)6-9(11)12/h3-4H,5-6H2,1-2H3,(H,11,12). The first-order valence-electron chi connectivity index (χ1n) is 4.03. The second kappa shape index (κ2) is 4.39. The van der Waals surface area contributed by atoms with Gasteiger partial charge in [0.15, 0.2) is 0 Å². The maximum atomic E-state index is 10.4. The third kappa shape index (κ3) is 3.16. The molecule has 0 amide bonds. The van der Waals surface area contributed by atoms with E-state index in [4.69, 9.17) is 5.11 Å². The van der Waals surface area contributed by atoms with E-state index in [2.05, 4.69) is 6.07 Å². The van der Waals surface area contributed by atoms with Crippen LogP contribution in [0.5, 0.6) is 0 Å². The minimum Gasteiger partial charge on any atom is -0.480 e. The zero-order valence-corrected chi connectivity index (χ0v) is 8.60. The molecule has 0 spiro atoms. The molecule has 72 valence electrons. The lowest BCUT2D eigenvalue weighted by Gasteiger charge is -2.12. The fraction of sp³-hybridized carbons (Fsp3) is 0.444. The normalized spacial score (nSPS) is 10.7. The van der Waals surface area contributed by atoms with Crippen LogP contribution in [0.2, 0.25) is 0 Å². The third-order valence-electron chi connectivity index (χ3n) is 1.79. The van der Waals surface area contributed by atoms with Gasteiger partial charge in [-0.05, 0) is 31.0 Å². The Morgan fingerprint density at radius 3 is 2.85 bits per heavy atom. The largest absolute Gasteiger partial charge is 0.480 e. The fourth-order valence-corrected chi connectivity index (χ4v) is 2.08. The van der Waals surface area contributed by atoms with Gasteiger partial charge in [-0.1, -0.05) is 0 Å². The molecule has 0 aliphatic rings. The van der Waals surface area contributed by atoms with E-state index in [1.165, 1.54) is 10.4 Å². The molecule has 13 heavy (non-hydrogen) atoms. The van der Waals surface area contributed by atoms with E-state index in [-0.39, 0.29) is 6.54 Å². The Hall–Kier alpha value is -0.870. The maximum absolute atomic E-state index is 10.4. The smallest absolute Gasteiger partial charge is 0.317 e. The van der Waals surface area contributed by atoms with Gasteiger partial charge in [-0.2, -0.15) is 0 Å². The molecule has 1 N–H and O–H groups in total. The summed E-state index contributed by atoms with van der Waals surface area (Å²) in [6.07, 6.45) is 0. The van der Waals surface area contributed by atoms with Gasteiger partial charge in [-0.15, -0.1) is 11.3 Å². The Balaban J connectivity index is 2.49.